The van der Waals surface area contributed by atoms with Crippen molar-refractivity contribution in [2.75, 3.05) is 6.54 Å². The van der Waals surface area contributed by atoms with Gasteiger partial charge < -0.3 is 20.6 Å². The molecule has 1 aromatic rings. The number of hydrogen-bond acceptors (Lipinski definition) is 6. The molecule has 1 rings (SSSR count). The topological polar surface area (TPSA) is 98.5 Å². The molecule has 0 saturated heterocycles. The highest BCUT2D eigenvalue weighted by Gasteiger charge is 2.01. The molecule has 0 aliphatic carbocycles. The van der Waals surface area contributed by atoms with Gasteiger partial charge in [0.1, 0.15) is 0 Å². The fourth-order valence-electron chi connectivity index (χ4n) is 1.30. The van der Waals surface area contributed by atoms with Crippen LogP contribution in [0.3, 0.4) is 0 Å². The van der Waals surface area contributed by atoms with Gasteiger partial charge in [0.15, 0.2) is 5.88 Å². The van der Waals surface area contributed by atoms with Crippen LogP contribution in [0.15, 0.2) is 11.9 Å². The first-order valence-electron chi connectivity index (χ1n) is 5.53. The summed E-state index contributed by atoms with van der Waals surface area (Å²) in [6.45, 7) is 2.77. The molecule has 0 saturated carbocycles. The Balaban J connectivity index is 2.54. The first kappa shape index (κ1) is 13.1. The van der Waals surface area contributed by atoms with E-state index < -0.39 is 6.01 Å². The van der Waals surface area contributed by atoms with Crippen LogP contribution in [0.25, 0.3) is 6.08 Å². The van der Waals surface area contributed by atoms with E-state index >= 15 is 0 Å². The number of hydrogen-bond donors (Lipinski definition) is 4. The van der Waals surface area contributed by atoms with Crippen molar-refractivity contribution in [3.8, 4) is 11.9 Å². The maximum atomic E-state index is 9.51. The number of aliphatic hydroxyl groups excluding tert-OH is 1. The molecule has 4 N–H and O–H groups in total. The van der Waals surface area contributed by atoms with E-state index in [0.717, 1.165) is 19.3 Å². The van der Waals surface area contributed by atoms with Crippen molar-refractivity contribution >= 4 is 6.08 Å². The van der Waals surface area contributed by atoms with Crippen LogP contribution >= 0.6 is 0 Å². The summed E-state index contributed by atoms with van der Waals surface area (Å²) >= 11 is 0. The molecule has 0 aliphatic heterocycles. The van der Waals surface area contributed by atoms with E-state index in [0.29, 0.717) is 6.54 Å². The molecule has 0 radical (unpaired) electrons. The highest BCUT2D eigenvalue weighted by molar-refractivity contribution is 5.47. The summed E-state index contributed by atoms with van der Waals surface area (Å²) in [6.07, 6.45) is 4.48. The predicted octanol–water partition coefficient (Wildman–Crippen LogP) is 1.52. The van der Waals surface area contributed by atoms with E-state index in [9.17, 15) is 5.11 Å². The lowest BCUT2D eigenvalue weighted by Crippen LogP contribution is -2.14. The third-order valence-corrected chi connectivity index (χ3v) is 2.09. The molecular formula is C11H17N3O3. The van der Waals surface area contributed by atoms with Crippen LogP contribution in [0.1, 0.15) is 31.9 Å². The lowest BCUT2D eigenvalue weighted by atomic mass is 10.2. The molecule has 0 aromatic carbocycles. The van der Waals surface area contributed by atoms with Gasteiger partial charge in [0, 0.05) is 18.7 Å². The number of unbranched alkanes of at least 4 members (excludes halogenated alkanes) is 2. The second kappa shape index (κ2) is 6.57. The van der Waals surface area contributed by atoms with Gasteiger partial charge in [0.25, 0.3) is 0 Å². The Morgan fingerprint density at radius 1 is 1.35 bits per heavy atom. The number of rotatable bonds is 6. The molecule has 1 aromatic heterocycles. The molecule has 17 heavy (non-hydrogen) atoms. The van der Waals surface area contributed by atoms with E-state index in [1.54, 1.807) is 0 Å². The molecule has 0 aliphatic rings. The normalized spacial score (nSPS) is 11.5. The highest BCUT2D eigenvalue weighted by atomic mass is 16.3. The van der Waals surface area contributed by atoms with Crippen molar-refractivity contribution in [1.82, 2.24) is 15.3 Å². The molecule has 0 spiro atoms. The van der Waals surface area contributed by atoms with Gasteiger partial charge in [-0.3, -0.25) is 0 Å². The number of aromatic nitrogens is 2. The number of aromatic hydroxyl groups is 2. The molecule has 0 bridgehead atoms. The summed E-state index contributed by atoms with van der Waals surface area (Å²) in [5.74, 6) is -0.402. The van der Waals surface area contributed by atoms with Gasteiger partial charge in [-0.2, -0.15) is 9.97 Å². The first-order valence-corrected chi connectivity index (χ1v) is 5.53. The number of nitrogens with zero attached hydrogens (tertiary/aromatic N) is 2. The fraction of sp³-hybridized carbons (Fsp3) is 0.455. The van der Waals surface area contributed by atoms with Gasteiger partial charge in [-0.1, -0.05) is 19.8 Å². The number of aliphatic hydroxyl groups is 1. The Morgan fingerprint density at radius 3 is 2.76 bits per heavy atom. The van der Waals surface area contributed by atoms with Crippen LogP contribution in [-0.2, 0) is 0 Å². The number of nitrogens with one attached hydrogen (secondary N) is 1. The van der Waals surface area contributed by atoms with Gasteiger partial charge in [-0.25, -0.2) is 0 Å². The zero-order chi connectivity index (χ0) is 12.7. The van der Waals surface area contributed by atoms with E-state index in [-0.39, 0.29) is 17.5 Å². The summed E-state index contributed by atoms with van der Waals surface area (Å²) in [5, 5.41) is 30.5. The van der Waals surface area contributed by atoms with Crippen LogP contribution in [0, 0.1) is 0 Å². The quantitative estimate of drug-likeness (QED) is 0.444. The summed E-state index contributed by atoms with van der Waals surface area (Å²) in [6, 6.07) is 0.707. The van der Waals surface area contributed by atoms with E-state index in [1.165, 1.54) is 12.1 Å². The van der Waals surface area contributed by atoms with Gasteiger partial charge >= 0.3 is 6.01 Å². The zero-order valence-electron chi connectivity index (χ0n) is 9.72. The van der Waals surface area contributed by atoms with Crippen LogP contribution in [0.2, 0.25) is 0 Å². The minimum Gasteiger partial charge on any atom is -0.495 e. The van der Waals surface area contributed by atoms with Crippen molar-refractivity contribution < 1.29 is 15.3 Å². The minimum atomic E-state index is -0.532. The van der Waals surface area contributed by atoms with Gasteiger partial charge in [0.2, 0.25) is 5.88 Å². The Bertz CT molecular complexity index is 373. The minimum absolute atomic E-state index is 0.0568. The summed E-state index contributed by atoms with van der Waals surface area (Å²) in [5.41, 5.74) is 0.232. The summed E-state index contributed by atoms with van der Waals surface area (Å²) in [4.78, 5) is 6.92. The highest BCUT2D eigenvalue weighted by Crippen LogP contribution is 2.12. The van der Waals surface area contributed by atoms with E-state index in [1.807, 2.05) is 0 Å². The first-order chi connectivity index (χ1) is 8.11. The summed E-state index contributed by atoms with van der Waals surface area (Å²) < 4.78 is 0. The molecule has 6 heteroatoms. The van der Waals surface area contributed by atoms with Crippen molar-refractivity contribution in [1.29, 1.82) is 0 Å². The maximum Gasteiger partial charge on any atom is 0.317 e. The van der Waals surface area contributed by atoms with Crippen molar-refractivity contribution in [3.63, 3.8) is 0 Å². The molecular weight excluding hydrogens is 222 g/mol. The lowest BCUT2D eigenvalue weighted by molar-refractivity contribution is 0.367. The van der Waals surface area contributed by atoms with Gasteiger partial charge in [-0.05, 0) is 6.42 Å². The molecule has 94 valence electrons. The van der Waals surface area contributed by atoms with Crippen LogP contribution < -0.4 is 5.32 Å². The second-order valence-electron chi connectivity index (χ2n) is 3.61. The monoisotopic (exact) mass is 239 g/mol. The van der Waals surface area contributed by atoms with E-state index in [4.69, 9.17) is 10.2 Å². The van der Waals surface area contributed by atoms with E-state index in [2.05, 4.69) is 22.2 Å². The molecule has 0 unspecified atom stereocenters. The molecule has 0 fully saturated rings. The zero-order valence-corrected chi connectivity index (χ0v) is 9.72. The maximum absolute atomic E-state index is 9.51. The molecule has 1 heterocycles. The average Bonchev–Trinajstić information content (AvgIpc) is 2.23. The van der Waals surface area contributed by atoms with Crippen LogP contribution in [-0.4, -0.2) is 31.8 Å². The summed E-state index contributed by atoms with van der Waals surface area (Å²) in [7, 11) is 0. The van der Waals surface area contributed by atoms with Crippen LogP contribution in [0.5, 0.6) is 11.9 Å². The van der Waals surface area contributed by atoms with Crippen molar-refractivity contribution in [3.05, 3.63) is 17.6 Å². The van der Waals surface area contributed by atoms with Crippen molar-refractivity contribution in [2.24, 2.45) is 0 Å². The smallest absolute Gasteiger partial charge is 0.317 e. The molecule has 0 atom stereocenters. The van der Waals surface area contributed by atoms with Crippen molar-refractivity contribution in [2.45, 2.75) is 26.2 Å². The Kier molecular flexibility index (Phi) is 5.06. The van der Waals surface area contributed by atoms with Gasteiger partial charge in [0.05, 0.1) is 5.69 Å². The SMILES string of the molecule is CCCCCN/C(O)=C/c1cc(O)nc(O)n1. The fourth-order valence-corrected chi connectivity index (χ4v) is 1.30. The average molecular weight is 239 g/mol. The van der Waals surface area contributed by atoms with Crippen LogP contribution in [0.4, 0.5) is 0 Å². The largest absolute Gasteiger partial charge is 0.495 e. The predicted molar refractivity (Wildman–Crippen MR) is 63.5 cm³/mol. The molecule has 6 nitrogen and oxygen atoms in total. The molecule has 0 amide bonds. The Labute approximate surface area is 99.7 Å². The van der Waals surface area contributed by atoms with Gasteiger partial charge in [-0.15, -0.1) is 0 Å². The second-order valence-corrected chi connectivity index (χ2v) is 3.61. The standard InChI is InChI=1S/C11H17N3O3/c1-2-3-4-5-12-9(15)6-8-7-10(16)14-11(17)13-8/h6-7,12,15H,2-5H2,1H3,(H2,13,14,16,17)/b9-6-. The third kappa shape index (κ3) is 5.05. The third-order valence-electron chi connectivity index (χ3n) is 2.09. The lowest BCUT2D eigenvalue weighted by Gasteiger charge is -2.04. The Morgan fingerprint density at radius 2 is 2.12 bits per heavy atom. The Hall–Kier alpha value is -1.98.